The maximum atomic E-state index is 3.68. The van der Waals surface area contributed by atoms with E-state index in [0.717, 1.165) is 5.92 Å². The molecule has 1 saturated heterocycles. The van der Waals surface area contributed by atoms with E-state index in [-0.39, 0.29) is 0 Å². The van der Waals surface area contributed by atoms with Crippen molar-refractivity contribution in [3.8, 4) is 0 Å². The topological polar surface area (TPSA) is 15.3 Å². The molecule has 1 rings (SSSR count). The number of hydrogen-bond donors (Lipinski definition) is 1. The fourth-order valence-electron chi connectivity index (χ4n) is 2.55. The average molecular weight is 226 g/mol. The average Bonchev–Trinajstić information content (AvgIpc) is 2.23. The third kappa shape index (κ3) is 4.84. The molecule has 0 radical (unpaired) electrons. The number of nitrogens with one attached hydrogen (secondary N) is 1. The van der Waals surface area contributed by atoms with Gasteiger partial charge in [0.2, 0.25) is 0 Å². The van der Waals surface area contributed by atoms with Crippen LogP contribution in [-0.2, 0) is 0 Å². The van der Waals surface area contributed by atoms with Crippen LogP contribution in [0.3, 0.4) is 0 Å². The molecular weight excluding hydrogens is 196 g/mol. The predicted octanol–water partition coefficient (Wildman–Crippen LogP) is 2.74. The fourth-order valence-corrected chi connectivity index (χ4v) is 2.55. The van der Waals surface area contributed by atoms with E-state index in [0.29, 0.717) is 5.41 Å². The van der Waals surface area contributed by atoms with Crippen LogP contribution in [0.1, 0.15) is 46.5 Å². The number of piperidine rings is 1. The van der Waals surface area contributed by atoms with E-state index in [1.165, 1.54) is 51.9 Å². The second-order valence-electron chi connectivity index (χ2n) is 6.14. The van der Waals surface area contributed by atoms with Crippen LogP contribution in [0.15, 0.2) is 0 Å². The Labute approximate surface area is 102 Å². The summed E-state index contributed by atoms with van der Waals surface area (Å²) < 4.78 is 0. The summed E-state index contributed by atoms with van der Waals surface area (Å²) in [4.78, 5) is 2.45. The van der Waals surface area contributed by atoms with Crippen LogP contribution in [0.4, 0.5) is 0 Å². The molecule has 1 fully saturated rings. The molecule has 1 unspecified atom stereocenters. The second-order valence-corrected chi connectivity index (χ2v) is 6.14. The number of rotatable bonds is 6. The largest absolute Gasteiger partial charge is 0.316 e. The highest BCUT2D eigenvalue weighted by molar-refractivity contribution is 4.83. The summed E-state index contributed by atoms with van der Waals surface area (Å²) in [7, 11) is 2.23. The summed E-state index contributed by atoms with van der Waals surface area (Å²) >= 11 is 0. The predicted molar refractivity (Wildman–Crippen MR) is 71.8 cm³/mol. The normalized spacial score (nSPS) is 23.2. The first-order chi connectivity index (χ1) is 7.56. The maximum absolute atomic E-state index is 3.68. The first kappa shape index (κ1) is 14.0. The monoisotopic (exact) mass is 226 g/mol. The molecule has 0 aromatic rings. The molecular formula is C14H30N2. The van der Waals surface area contributed by atoms with E-state index in [9.17, 15) is 0 Å². The van der Waals surface area contributed by atoms with Crippen LogP contribution in [0, 0.1) is 11.3 Å². The van der Waals surface area contributed by atoms with Gasteiger partial charge in [0.05, 0.1) is 0 Å². The maximum Gasteiger partial charge on any atom is 0.000623 e. The lowest BCUT2D eigenvalue weighted by molar-refractivity contribution is 0.136. The molecule has 16 heavy (non-hydrogen) atoms. The van der Waals surface area contributed by atoms with Gasteiger partial charge < -0.3 is 10.2 Å². The summed E-state index contributed by atoms with van der Waals surface area (Å²) in [5.74, 6) is 0.833. The zero-order valence-corrected chi connectivity index (χ0v) is 11.7. The Morgan fingerprint density at radius 2 is 1.94 bits per heavy atom. The number of likely N-dealkylation sites (tertiary alicyclic amines) is 1. The highest BCUT2D eigenvalue weighted by atomic mass is 15.1. The van der Waals surface area contributed by atoms with E-state index in [4.69, 9.17) is 0 Å². The van der Waals surface area contributed by atoms with Gasteiger partial charge in [0, 0.05) is 6.54 Å². The van der Waals surface area contributed by atoms with Crippen LogP contribution >= 0.6 is 0 Å². The van der Waals surface area contributed by atoms with E-state index in [1.807, 2.05) is 0 Å². The molecule has 1 atom stereocenters. The van der Waals surface area contributed by atoms with Crippen molar-refractivity contribution in [2.45, 2.75) is 46.5 Å². The quantitative estimate of drug-likeness (QED) is 0.749. The zero-order chi connectivity index (χ0) is 12.0. The van der Waals surface area contributed by atoms with E-state index in [1.54, 1.807) is 0 Å². The first-order valence-corrected chi connectivity index (χ1v) is 6.95. The number of nitrogens with zero attached hydrogens (tertiary/aromatic N) is 1. The highest BCUT2D eigenvalue weighted by Gasteiger charge is 2.28. The lowest BCUT2D eigenvalue weighted by Gasteiger charge is -2.38. The zero-order valence-electron chi connectivity index (χ0n) is 11.7. The van der Waals surface area contributed by atoms with Gasteiger partial charge in [-0.25, -0.2) is 0 Å². The molecule has 96 valence electrons. The summed E-state index contributed by atoms with van der Waals surface area (Å²) in [5.41, 5.74) is 0.540. The third-order valence-electron chi connectivity index (χ3n) is 4.02. The van der Waals surface area contributed by atoms with E-state index >= 15 is 0 Å². The lowest BCUT2D eigenvalue weighted by atomic mass is 9.80. The van der Waals surface area contributed by atoms with Gasteiger partial charge in [0.1, 0.15) is 0 Å². The summed E-state index contributed by atoms with van der Waals surface area (Å²) in [6, 6.07) is 0. The molecule has 1 aliphatic heterocycles. The van der Waals surface area contributed by atoms with Gasteiger partial charge in [-0.05, 0) is 57.3 Å². The Bertz CT molecular complexity index is 183. The molecule has 0 aromatic heterocycles. The van der Waals surface area contributed by atoms with Crippen molar-refractivity contribution in [3.63, 3.8) is 0 Å². The Kier molecular flexibility index (Phi) is 5.77. The Morgan fingerprint density at radius 1 is 1.31 bits per heavy atom. The Balaban J connectivity index is 2.16. The van der Waals surface area contributed by atoms with Crippen LogP contribution in [-0.4, -0.2) is 38.1 Å². The van der Waals surface area contributed by atoms with E-state index < -0.39 is 0 Å². The van der Waals surface area contributed by atoms with Crippen LogP contribution < -0.4 is 5.32 Å². The third-order valence-corrected chi connectivity index (χ3v) is 4.02. The number of hydrogen-bond acceptors (Lipinski definition) is 2. The van der Waals surface area contributed by atoms with Gasteiger partial charge >= 0.3 is 0 Å². The van der Waals surface area contributed by atoms with Crippen molar-refractivity contribution in [3.05, 3.63) is 0 Å². The fraction of sp³-hybridized carbons (Fsp3) is 1.00. The summed E-state index contributed by atoms with van der Waals surface area (Å²) in [6.45, 7) is 12.0. The standard InChI is InChI=1S/C14H30N2/c1-5-6-13(2)11-15-12-14(3)7-9-16(4)10-8-14/h13,15H,5-12H2,1-4H3. The molecule has 1 N–H and O–H groups in total. The Morgan fingerprint density at radius 3 is 2.50 bits per heavy atom. The van der Waals surface area contributed by atoms with Crippen molar-refractivity contribution in [1.82, 2.24) is 10.2 Å². The molecule has 0 amide bonds. The minimum Gasteiger partial charge on any atom is -0.316 e. The molecule has 1 heterocycles. The molecule has 0 spiro atoms. The van der Waals surface area contributed by atoms with Crippen molar-refractivity contribution in [2.24, 2.45) is 11.3 Å². The minimum absolute atomic E-state index is 0.540. The molecule has 2 heteroatoms. The summed E-state index contributed by atoms with van der Waals surface area (Å²) in [6.07, 6.45) is 5.36. The lowest BCUT2D eigenvalue weighted by Crippen LogP contribution is -2.42. The van der Waals surface area contributed by atoms with Gasteiger partial charge in [-0.15, -0.1) is 0 Å². The van der Waals surface area contributed by atoms with Crippen LogP contribution in [0.2, 0.25) is 0 Å². The minimum atomic E-state index is 0.540. The highest BCUT2D eigenvalue weighted by Crippen LogP contribution is 2.29. The van der Waals surface area contributed by atoms with Crippen molar-refractivity contribution >= 4 is 0 Å². The van der Waals surface area contributed by atoms with Crippen LogP contribution in [0.25, 0.3) is 0 Å². The molecule has 0 bridgehead atoms. The molecule has 0 aliphatic carbocycles. The molecule has 0 aromatic carbocycles. The van der Waals surface area contributed by atoms with Crippen LogP contribution in [0.5, 0.6) is 0 Å². The van der Waals surface area contributed by atoms with Gasteiger partial charge in [-0.1, -0.05) is 27.2 Å². The van der Waals surface area contributed by atoms with E-state index in [2.05, 4.69) is 38.0 Å². The molecule has 0 saturated carbocycles. The SMILES string of the molecule is CCCC(C)CNCC1(C)CCN(C)CC1. The van der Waals surface area contributed by atoms with Gasteiger partial charge in [0.25, 0.3) is 0 Å². The van der Waals surface area contributed by atoms with Crippen molar-refractivity contribution < 1.29 is 0 Å². The van der Waals surface area contributed by atoms with Gasteiger partial charge in [-0.3, -0.25) is 0 Å². The van der Waals surface area contributed by atoms with Gasteiger partial charge in [-0.2, -0.15) is 0 Å². The molecule has 2 nitrogen and oxygen atoms in total. The Hall–Kier alpha value is -0.0800. The first-order valence-electron chi connectivity index (χ1n) is 6.95. The smallest absolute Gasteiger partial charge is 0.000623 e. The molecule has 1 aliphatic rings. The van der Waals surface area contributed by atoms with Crippen molar-refractivity contribution in [1.29, 1.82) is 0 Å². The summed E-state index contributed by atoms with van der Waals surface area (Å²) in [5, 5.41) is 3.68. The van der Waals surface area contributed by atoms with Crippen molar-refractivity contribution in [2.75, 3.05) is 33.2 Å². The van der Waals surface area contributed by atoms with Gasteiger partial charge in [0.15, 0.2) is 0 Å². The second kappa shape index (κ2) is 6.61.